The Morgan fingerprint density at radius 2 is 2.29 bits per heavy atom. The van der Waals surface area contributed by atoms with Gasteiger partial charge >= 0.3 is 0 Å². The SMILES string of the molecule is CNC(=O)C1CCCN(c2ccc(C(N)=S)c(Br)c2F)C1. The second kappa shape index (κ2) is 6.70. The molecule has 0 aromatic heterocycles. The number of rotatable bonds is 3. The summed E-state index contributed by atoms with van der Waals surface area (Å²) in [6.07, 6.45) is 1.68. The van der Waals surface area contributed by atoms with Gasteiger partial charge in [-0.1, -0.05) is 12.2 Å². The number of thiocarbonyl (C=S) groups is 1. The van der Waals surface area contributed by atoms with Crippen molar-refractivity contribution >= 4 is 44.7 Å². The molecule has 1 aromatic rings. The highest BCUT2D eigenvalue weighted by molar-refractivity contribution is 9.10. The number of carbonyl (C=O) groups excluding carboxylic acids is 1. The number of nitrogens with one attached hydrogen (secondary N) is 1. The molecule has 0 saturated carbocycles. The zero-order valence-corrected chi connectivity index (χ0v) is 14.1. The predicted molar refractivity (Wildman–Crippen MR) is 89.0 cm³/mol. The van der Waals surface area contributed by atoms with E-state index in [1.54, 1.807) is 19.2 Å². The van der Waals surface area contributed by atoms with Crippen LogP contribution in [-0.2, 0) is 4.79 Å². The number of carbonyl (C=O) groups is 1. The topological polar surface area (TPSA) is 58.4 Å². The minimum Gasteiger partial charge on any atom is -0.389 e. The first-order valence-electron chi connectivity index (χ1n) is 6.70. The fourth-order valence-electron chi connectivity index (χ4n) is 2.59. The van der Waals surface area contributed by atoms with E-state index in [0.29, 0.717) is 17.8 Å². The Morgan fingerprint density at radius 1 is 1.57 bits per heavy atom. The summed E-state index contributed by atoms with van der Waals surface area (Å²) in [5.41, 5.74) is 6.51. The van der Waals surface area contributed by atoms with Crippen LogP contribution in [-0.4, -0.2) is 31.0 Å². The van der Waals surface area contributed by atoms with Gasteiger partial charge in [-0.15, -0.1) is 0 Å². The lowest BCUT2D eigenvalue weighted by atomic mass is 9.96. The van der Waals surface area contributed by atoms with Crippen LogP contribution in [0.15, 0.2) is 16.6 Å². The molecule has 1 aliphatic heterocycles. The third kappa shape index (κ3) is 3.35. The highest BCUT2D eigenvalue weighted by Crippen LogP contribution is 2.32. The number of hydrogen-bond acceptors (Lipinski definition) is 3. The molecule has 1 aromatic carbocycles. The van der Waals surface area contributed by atoms with Crippen molar-refractivity contribution in [1.82, 2.24) is 5.32 Å². The summed E-state index contributed by atoms with van der Waals surface area (Å²) in [6.45, 7) is 1.23. The Kier molecular flexibility index (Phi) is 5.16. The highest BCUT2D eigenvalue weighted by atomic mass is 79.9. The number of halogens is 2. The summed E-state index contributed by atoms with van der Waals surface area (Å²) in [5.74, 6) is -0.506. The lowest BCUT2D eigenvalue weighted by Gasteiger charge is -2.34. The average Bonchev–Trinajstić information content (AvgIpc) is 2.48. The van der Waals surface area contributed by atoms with Crippen LogP contribution in [0.25, 0.3) is 0 Å². The van der Waals surface area contributed by atoms with Gasteiger partial charge in [0.15, 0.2) is 5.82 Å². The van der Waals surface area contributed by atoms with E-state index in [4.69, 9.17) is 18.0 Å². The Morgan fingerprint density at radius 3 is 2.90 bits per heavy atom. The summed E-state index contributed by atoms with van der Waals surface area (Å²) in [7, 11) is 1.62. The molecule has 21 heavy (non-hydrogen) atoms. The molecule has 0 spiro atoms. The molecule has 1 heterocycles. The predicted octanol–water partition coefficient (Wildman–Crippen LogP) is 2.18. The van der Waals surface area contributed by atoms with E-state index >= 15 is 0 Å². The van der Waals surface area contributed by atoms with Gasteiger partial charge in [0.05, 0.1) is 16.1 Å². The maximum absolute atomic E-state index is 14.5. The van der Waals surface area contributed by atoms with Crippen LogP contribution >= 0.6 is 28.1 Å². The Hall–Kier alpha value is -1.21. The third-order valence-electron chi connectivity index (χ3n) is 3.71. The minimum absolute atomic E-state index is 0.000991. The number of benzene rings is 1. The van der Waals surface area contributed by atoms with Gasteiger partial charge in [-0.3, -0.25) is 4.79 Å². The Bertz CT molecular complexity index is 582. The van der Waals surface area contributed by atoms with Crippen molar-refractivity contribution in [2.45, 2.75) is 12.8 Å². The molecule has 1 aliphatic rings. The quantitative estimate of drug-likeness (QED) is 0.797. The van der Waals surface area contributed by atoms with Crippen molar-refractivity contribution in [3.8, 4) is 0 Å². The molecular weight excluding hydrogens is 357 g/mol. The van der Waals surface area contributed by atoms with Gasteiger partial charge in [-0.2, -0.15) is 0 Å². The van der Waals surface area contributed by atoms with E-state index in [2.05, 4.69) is 21.2 Å². The number of anilines is 1. The molecule has 2 rings (SSSR count). The molecule has 0 aliphatic carbocycles. The van der Waals surface area contributed by atoms with Crippen molar-refractivity contribution in [2.24, 2.45) is 11.7 Å². The van der Waals surface area contributed by atoms with Crippen molar-refractivity contribution in [2.75, 3.05) is 25.0 Å². The fourth-order valence-corrected chi connectivity index (χ4v) is 3.44. The zero-order valence-electron chi connectivity index (χ0n) is 11.7. The number of piperidine rings is 1. The maximum atomic E-state index is 14.5. The zero-order chi connectivity index (χ0) is 15.6. The van der Waals surface area contributed by atoms with Gasteiger partial charge in [0.1, 0.15) is 4.99 Å². The second-order valence-corrected chi connectivity index (χ2v) is 6.26. The van der Waals surface area contributed by atoms with Gasteiger partial charge in [0.2, 0.25) is 5.91 Å². The summed E-state index contributed by atoms with van der Waals surface area (Å²) >= 11 is 8.10. The molecule has 1 amide bonds. The van der Waals surface area contributed by atoms with Crippen LogP contribution in [0, 0.1) is 11.7 Å². The van der Waals surface area contributed by atoms with Crippen molar-refractivity contribution in [3.05, 3.63) is 28.0 Å². The number of nitrogens with two attached hydrogens (primary N) is 1. The van der Waals surface area contributed by atoms with Gasteiger partial charge in [-0.25, -0.2) is 4.39 Å². The fraction of sp³-hybridized carbons (Fsp3) is 0.429. The smallest absolute Gasteiger partial charge is 0.224 e. The van der Waals surface area contributed by atoms with Crippen LogP contribution in [0.3, 0.4) is 0 Å². The summed E-state index contributed by atoms with van der Waals surface area (Å²) in [5, 5.41) is 2.65. The largest absolute Gasteiger partial charge is 0.389 e. The first kappa shape index (κ1) is 16.2. The number of nitrogens with zero attached hydrogens (tertiary/aromatic N) is 1. The summed E-state index contributed by atoms with van der Waals surface area (Å²) in [4.78, 5) is 13.8. The van der Waals surface area contributed by atoms with Crippen molar-refractivity contribution in [3.63, 3.8) is 0 Å². The molecule has 1 saturated heterocycles. The van der Waals surface area contributed by atoms with Crippen LogP contribution < -0.4 is 16.0 Å². The molecule has 4 nitrogen and oxygen atoms in total. The Labute approximate surface area is 137 Å². The second-order valence-electron chi connectivity index (χ2n) is 5.02. The maximum Gasteiger partial charge on any atom is 0.224 e. The van der Waals surface area contributed by atoms with Gasteiger partial charge in [-0.05, 0) is 40.9 Å². The standard InChI is InChI=1S/C14H17BrFN3OS/c1-18-14(20)8-3-2-6-19(7-8)10-5-4-9(13(17)21)11(15)12(10)16/h4-5,8H,2-3,6-7H2,1H3,(H2,17,21)(H,18,20). The monoisotopic (exact) mass is 373 g/mol. The van der Waals surface area contributed by atoms with E-state index in [1.165, 1.54) is 0 Å². The van der Waals surface area contributed by atoms with Crippen molar-refractivity contribution in [1.29, 1.82) is 0 Å². The number of amides is 1. The van der Waals surface area contributed by atoms with E-state index in [0.717, 1.165) is 19.4 Å². The van der Waals surface area contributed by atoms with Crippen LogP contribution in [0.2, 0.25) is 0 Å². The molecule has 1 unspecified atom stereocenters. The Balaban J connectivity index is 2.28. The molecule has 7 heteroatoms. The summed E-state index contributed by atoms with van der Waals surface area (Å²) < 4.78 is 14.8. The molecule has 1 fully saturated rings. The third-order valence-corrected chi connectivity index (χ3v) is 4.70. The van der Waals surface area contributed by atoms with E-state index in [9.17, 15) is 9.18 Å². The first-order chi connectivity index (χ1) is 9.95. The molecule has 0 radical (unpaired) electrons. The first-order valence-corrected chi connectivity index (χ1v) is 7.90. The van der Waals surface area contributed by atoms with Crippen LogP contribution in [0.5, 0.6) is 0 Å². The van der Waals surface area contributed by atoms with E-state index < -0.39 is 5.82 Å². The molecular formula is C14H17BrFN3OS. The average molecular weight is 374 g/mol. The minimum atomic E-state index is -0.391. The van der Waals surface area contributed by atoms with Crippen LogP contribution in [0.1, 0.15) is 18.4 Å². The highest BCUT2D eigenvalue weighted by Gasteiger charge is 2.27. The van der Waals surface area contributed by atoms with Crippen molar-refractivity contribution < 1.29 is 9.18 Å². The summed E-state index contributed by atoms with van der Waals surface area (Å²) in [6, 6.07) is 3.37. The van der Waals surface area contributed by atoms with Crippen LogP contribution in [0.4, 0.5) is 10.1 Å². The number of hydrogen-bond donors (Lipinski definition) is 2. The van der Waals surface area contributed by atoms with E-state index in [1.807, 2.05) is 4.90 Å². The lowest BCUT2D eigenvalue weighted by Crippen LogP contribution is -2.42. The van der Waals surface area contributed by atoms with Gasteiger partial charge < -0.3 is 16.0 Å². The van der Waals surface area contributed by atoms with Gasteiger partial charge in [0.25, 0.3) is 0 Å². The molecule has 3 N–H and O–H groups in total. The normalized spacial score (nSPS) is 18.4. The molecule has 1 atom stereocenters. The lowest BCUT2D eigenvalue weighted by molar-refractivity contribution is -0.124. The molecule has 114 valence electrons. The molecule has 0 bridgehead atoms. The van der Waals surface area contributed by atoms with Gasteiger partial charge in [0, 0.05) is 25.7 Å². The van der Waals surface area contributed by atoms with E-state index in [-0.39, 0.29) is 21.3 Å².